The average molecular weight is 272 g/mol. The van der Waals surface area contributed by atoms with Gasteiger partial charge in [-0.15, -0.1) is 24.8 Å². The third-order valence-electron chi connectivity index (χ3n) is 0. The van der Waals surface area contributed by atoms with E-state index in [1.54, 1.807) is 0 Å². The van der Waals surface area contributed by atoms with Crippen molar-refractivity contribution in [2.24, 2.45) is 0 Å². The first-order chi connectivity index (χ1) is 0. The molecule has 0 saturated carbocycles. The van der Waals surface area contributed by atoms with Crippen molar-refractivity contribution in [3.05, 3.63) is 0 Å². The van der Waals surface area contributed by atoms with Gasteiger partial charge < -0.3 is 1.43 Å². The molecular formula is H3Cl2CsZn. The van der Waals surface area contributed by atoms with Crippen molar-refractivity contribution in [2.75, 3.05) is 0 Å². The van der Waals surface area contributed by atoms with Crippen LogP contribution < -0.4 is 68.9 Å². The number of rotatable bonds is 0. The minimum absolute atomic E-state index is 0. The van der Waals surface area contributed by atoms with Crippen molar-refractivity contribution < 1.29 is 89.8 Å². The second-order valence-electron chi connectivity index (χ2n) is 0. The molecule has 0 atom stereocenters. The molecule has 0 fully saturated rings. The molecule has 4 heavy (non-hydrogen) atoms. The fraction of sp³-hybridized carbons (Fsp3) is 0. The standard InChI is InChI=1S/2ClH.Cs.Zn.H/h2*1H;;;/q;;+1;;-1. The van der Waals surface area contributed by atoms with Gasteiger partial charge in [-0.25, -0.2) is 0 Å². The Labute approximate surface area is 111 Å². The summed E-state index contributed by atoms with van der Waals surface area (Å²) in [5.41, 5.74) is 0. The minimum Gasteiger partial charge on any atom is -1.00 e. The molecule has 0 heterocycles. The van der Waals surface area contributed by atoms with E-state index in [1.807, 2.05) is 0 Å². The van der Waals surface area contributed by atoms with Crippen LogP contribution in [0.5, 0.6) is 0 Å². The summed E-state index contributed by atoms with van der Waals surface area (Å²) in [5.74, 6) is 0. The summed E-state index contributed by atoms with van der Waals surface area (Å²) in [6.07, 6.45) is 0. The van der Waals surface area contributed by atoms with Gasteiger partial charge in [0.25, 0.3) is 0 Å². The van der Waals surface area contributed by atoms with E-state index < -0.39 is 0 Å². The van der Waals surface area contributed by atoms with Crippen molar-refractivity contribution in [3.8, 4) is 0 Å². The molecule has 0 aliphatic heterocycles. The van der Waals surface area contributed by atoms with Gasteiger partial charge in [-0.2, -0.15) is 0 Å². The molecule has 0 bridgehead atoms. The maximum absolute atomic E-state index is 0. The normalized spacial score (nSPS) is 0. The molecule has 0 rings (SSSR count). The van der Waals surface area contributed by atoms with E-state index in [2.05, 4.69) is 0 Å². The molecule has 0 amide bonds. The first kappa shape index (κ1) is 26.8. The Balaban J connectivity index is 0. The van der Waals surface area contributed by atoms with Crippen molar-refractivity contribution in [1.29, 1.82) is 0 Å². The second-order valence-corrected chi connectivity index (χ2v) is 0. The zero-order chi connectivity index (χ0) is 0. The zero-order valence-corrected chi connectivity index (χ0v) is 13.4. The molecule has 0 radical (unpaired) electrons. The summed E-state index contributed by atoms with van der Waals surface area (Å²) < 4.78 is 0. The fourth-order valence-electron chi connectivity index (χ4n) is 0. The molecule has 0 nitrogen and oxygen atoms in total. The van der Waals surface area contributed by atoms with E-state index >= 15 is 0 Å². The SMILES string of the molecule is Cl.Cl.[Cs+].[H-].[Zn]. The van der Waals surface area contributed by atoms with Crippen LogP contribution in [0.4, 0.5) is 0 Å². The molecule has 20 valence electrons. The van der Waals surface area contributed by atoms with Crippen LogP contribution in [0.3, 0.4) is 0 Å². The summed E-state index contributed by atoms with van der Waals surface area (Å²) in [5, 5.41) is 0. The molecule has 0 unspecified atom stereocenters. The van der Waals surface area contributed by atoms with Gasteiger partial charge in [0.05, 0.1) is 0 Å². The average Bonchev–Trinajstić information content (AvgIpc) is 0. The molecule has 0 aliphatic rings. The van der Waals surface area contributed by atoms with Crippen molar-refractivity contribution in [2.45, 2.75) is 0 Å². The molecule has 0 aliphatic carbocycles. The van der Waals surface area contributed by atoms with Crippen LogP contribution in [0.15, 0.2) is 0 Å². The molecule has 4 heteroatoms. The first-order valence-electron chi connectivity index (χ1n) is 0. The van der Waals surface area contributed by atoms with Crippen molar-refractivity contribution in [1.82, 2.24) is 0 Å². The Morgan fingerprint density at radius 1 is 1.00 bits per heavy atom. The van der Waals surface area contributed by atoms with Gasteiger partial charge in [-0.05, 0) is 0 Å². The molecule has 0 aromatic heterocycles. The van der Waals surface area contributed by atoms with E-state index in [-0.39, 0.29) is 115 Å². The quantitative estimate of drug-likeness (QED) is 0.446. The van der Waals surface area contributed by atoms with Crippen molar-refractivity contribution in [3.63, 3.8) is 0 Å². The van der Waals surface area contributed by atoms with Crippen LogP contribution in [0.2, 0.25) is 0 Å². The van der Waals surface area contributed by atoms with Gasteiger partial charge in [0.2, 0.25) is 0 Å². The smallest absolute Gasteiger partial charge is 1.00 e. The Bertz CT molecular complexity index is 9.61. The van der Waals surface area contributed by atoms with Gasteiger partial charge in [-0.3, -0.25) is 0 Å². The Hall–Kier alpha value is 3.26. The first-order valence-corrected chi connectivity index (χ1v) is 0. The van der Waals surface area contributed by atoms with E-state index in [9.17, 15) is 0 Å². The summed E-state index contributed by atoms with van der Waals surface area (Å²) in [6, 6.07) is 0. The van der Waals surface area contributed by atoms with Crippen LogP contribution in [0, 0.1) is 0 Å². The second kappa shape index (κ2) is 16.3. The molecule has 0 aromatic rings. The summed E-state index contributed by atoms with van der Waals surface area (Å²) >= 11 is 0. The number of hydrogen-bond acceptors (Lipinski definition) is 0. The number of hydrogen-bond donors (Lipinski definition) is 0. The Morgan fingerprint density at radius 3 is 1.00 bits per heavy atom. The maximum atomic E-state index is 0. The van der Waals surface area contributed by atoms with Crippen LogP contribution in [0.1, 0.15) is 1.43 Å². The van der Waals surface area contributed by atoms with Crippen LogP contribution in [-0.2, 0) is 19.5 Å². The van der Waals surface area contributed by atoms with E-state index in [0.29, 0.717) is 0 Å². The maximum Gasteiger partial charge on any atom is 1.00 e. The van der Waals surface area contributed by atoms with Crippen molar-refractivity contribution >= 4 is 24.8 Å². The van der Waals surface area contributed by atoms with Gasteiger partial charge in [0.1, 0.15) is 0 Å². The Morgan fingerprint density at radius 2 is 1.00 bits per heavy atom. The topological polar surface area (TPSA) is 0 Å². The summed E-state index contributed by atoms with van der Waals surface area (Å²) in [6.45, 7) is 0. The zero-order valence-electron chi connectivity index (χ0n) is 3.52. The van der Waals surface area contributed by atoms with E-state index in [1.165, 1.54) is 0 Å². The monoisotopic (exact) mass is 270 g/mol. The number of halogens is 2. The molecule has 0 N–H and O–H groups in total. The summed E-state index contributed by atoms with van der Waals surface area (Å²) in [4.78, 5) is 0. The predicted octanol–water partition coefficient (Wildman–Crippen LogP) is -2.04. The molecule has 0 aromatic carbocycles. The fourth-order valence-corrected chi connectivity index (χ4v) is 0. The van der Waals surface area contributed by atoms with E-state index in [4.69, 9.17) is 0 Å². The third kappa shape index (κ3) is 8.98. The largest absolute Gasteiger partial charge is 1.00 e. The molecule has 0 saturated heterocycles. The minimum atomic E-state index is 0. The predicted molar refractivity (Wildman–Crippen MR) is 15.6 cm³/mol. The summed E-state index contributed by atoms with van der Waals surface area (Å²) in [7, 11) is 0. The van der Waals surface area contributed by atoms with E-state index in [0.717, 1.165) is 0 Å². The molecule has 0 spiro atoms. The van der Waals surface area contributed by atoms with Gasteiger partial charge in [0.15, 0.2) is 0 Å². The van der Waals surface area contributed by atoms with Crippen LogP contribution in [0.25, 0.3) is 0 Å². The van der Waals surface area contributed by atoms with Crippen LogP contribution in [-0.4, -0.2) is 0 Å². The van der Waals surface area contributed by atoms with Crippen LogP contribution >= 0.6 is 24.8 Å². The third-order valence-corrected chi connectivity index (χ3v) is 0. The van der Waals surface area contributed by atoms with Gasteiger partial charge >= 0.3 is 68.9 Å². The molecular weight excluding hydrogens is 269 g/mol. The Kier molecular flexibility index (Phi) is 109. The van der Waals surface area contributed by atoms with Gasteiger partial charge in [0, 0.05) is 19.5 Å². The van der Waals surface area contributed by atoms with Gasteiger partial charge in [-0.1, -0.05) is 0 Å².